The summed E-state index contributed by atoms with van der Waals surface area (Å²) in [5.74, 6) is -0.454. The first-order chi connectivity index (χ1) is 12.0. The number of para-hydroxylation sites is 1. The number of hydrogen-bond donors (Lipinski definition) is 1. The molecule has 25 heavy (non-hydrogen) atoms. The molecule has 1 N–H and O–H groups in total. The fourth-order valence-electron chi connectivity index (χ4n) is 3.37. The molecule has 0 saturated heterocycles. The molecule has 4 rings (SSSR count). The van der Waals surface area contributed by atoms with Crippen molar-refractivity contribution in [2.45, 2.75) is 19.4 Å². The van der Waals surface area contributed by atoms with Gasteiger partial charge >= 0.3 is 0 Å². The van der Waals surface area contributed by atoms with Crippen LogP contribution in [0.1, 0.15) is 28.9 Å². The Hall–Kier alpha value is -2.11. The van der Waals surface area contributed by atoms with E-state index in [0.29, 0.717) is 16.1 Å². The van der Waals surface area contributed by atoms with E-state index in [0.717, 1.165) is 22.0 Å². The van der Waals surface area contributed by atoms with Gasteiger partial charge in [0, 0.05) is 22.1 Å². The summed E-state index contributed by atoms with van der Waals surface area (Å²) in [6, 6.07) is 11.0. The normalized spacial score (nSPS) is 15.6. The van der Waals surface area contributed by atoms with E-state index < -0.39 is 5.91 Å². The molecule has 1 aliphatic heterocycles. The second-order valence-corrected chi connectivity index (χ2v) is 7.55. The average Bonchev–Trinajstić information content (AvgIpc) is 2.88. The zero-order valence-electron chi connectivity index (χ0n) is 13.3. The van der Waals surface area contributed by atoms with Crippen LogP contribution in [0.25, 0.3) is 10.9 Å². The highest BCUT2D eigenvalue weighted by Crippen LogP contribution is 2.33. The van der Waals surface area contributed by atoms with Crippen molar-refractivity contribution in [2.75, 3.05) is 5.32 Å². The first-order valence-corrected chi connectivity index (χ1v) is 9.06. The highest BCUT2D eigenvalue weighted by molar-refractivity contribution is 9.10. The van der Waals surface area contributed by atoms with Crippen LogP contribution in [0.4, 0.5) is 5.69 Å². The zero-order valence-corrected chi connectivity index (χ0v) is 15.7. The van der Waals surface area contributed by atoms with Crippen LogP contribution in [-0.2, 0) is 6.42 Å². The van der Waals surface area contributed by atoms with Crippen molar-refractivity contribution < 1.29 is 4.79 Å². The van der Waals surface area contributed by atoms with Crippen molar-refractivity contribution in [1.82, 2.24) is 4.57 Å². The number of halogens is 2. The topological polar surface area (TPSA) is 51.1 Å². The molecule has 2 aromatic carbocycles. The van der Waals surface area contributed by atoms with Crippen LogP contribution in [0.2, 0.25) is 5.02 Å². The molecule has 0 fully saturated rings. The summed E-state index contributed by atoms with van der Waals surface area (Å²) in [7, 11) is 0. The number of hydrogen-bond acceptors (Lipinski definition) is 2. The van der Waals surface area contributed by atoms with Crippen LogP contribution in [-0.4, -0.2) is 10.5 Å². The van der Waals surface area contributed by atoms with Gasteiger partial charge < -0.3 is 9.88 Å². The van der Waals surface area contributed by atoms with Crippen LogP contribution in [0, 0.1) is 0 Å². The number of aromatic nitrogens is 1. The molecule has 0 bridgehead atoms. The largest absolute Gasteiger partial charge is 0.343 e. The summed E-state index contributed by atoms with van der Waals surface area (Å²) in [5.41, 5.74) is 2.36. The van der Waals surface area contributed by atoms with E-state index in [2.05, 4.69) is 28.2 Å². The van der Waals surface area contributed by atoms with E-state index >= 15 is 0 Å². The minimum Gasteiger partial charge on any atom is -0.343 e. The highest BCUT2D eigenvalue weighted by atomic mass is 79.9. The smallest absolute Gasteiger partial charge is 0.261 e. The Labute approximate surface area is 157 Å². The number of pyridine rings is 1. The Balaban J connectivity index is 1.87. The highest BCUT2D eigenvalue weighted by Gasteiger charge is 2.25. The molecule has 4 nitrogen and oxygen atoms in total. The third-order valence-electron chi connectivity index (χ3n) is 4.53. The third kappa shape index (κ3) is 2.68. The van der Waals surface area contributed by atoms with Gasteiger partial charge in [-0.15, -0.1) is 0 Å². The lowest BCUT2D eigenvalue weighted by molar-refractivity contribution is 0.102. The molecule has 0 saturated carbocycles. The summed E-state index contributed by atoms with van der Waals surface area (Å²) in [6.07, 6.45) is 2.50. The fraction of sp³-hybridized carbons (Fsp3) is 0.158. The van der Waals surface area contributed by atoms with Gasteiger partial charge in [-0.1, -0.05) is 39.7 Å². The molecule has 0 radical (unpaired) electrons. The second kappa shape index (κ2) is 6.00. The Kier molecular flexibility index (Phi) is 3.93. The van der Waals surface area contributed by atoms with Crippen molar-refractivity contribution in [2.24, 2.45) is 0 Å². The van der Waals surface area contributed by atoms with Gasteiger partial charge in [-0.05, 0) is 43.2 Å². The molecule has 1 aromatic heterocycles. The quantitative estimate of drug-likeness (QED) is 0.652. The number of carbonyl (C=O) groups is 1. The first-order valence-electron chi connectivity index (χ1n) is 7.89. The first kappa shape index (κ1) is 16.4. The molecule has 1 amide bonds. The summed E-state index contributed by atoms with van der Waals surface area (Å²) < 4.78 is 2.86. The van der Waals surface area contributed by atoms with E-state index in [1.807, 2.05) is 10.6 Å². The predicted molar refractivity (Wildman–Crippen MR) is 104 cm³/mol. The number of benzene rings is 2. The van der Waals surface area contributed by atoms with E-state index in [4.69, 9.17) is 11.6 Å². The number of rotatable bonds is 2. The molecule has 0 spiro atoms. The summed E-state index contributed by atoms with van der Waals surface area (Å²) in [6.45, 7) is 2.08. The standard InChI is InChI=1S/C19H14BrClN2O2/c1-10-6-11-7-12(20)8-13-17(11)23(10)9-14(18(13)24)19(25)22-16-5-3-2-4-15(16)21/h2-5,7-10H,6H2,1H3,(H,22,25)/t10-/m0/s1. The van der Waals surface area contributed by atoms with Gasteiger partial charge in [0.1, 0.15) is 5.56 Å². The molecule has 1 atom stereocenters. The van der Waals surface area contributed by atoms with E-state index in [1.54, 1.807) is 36.5 Å². The van der Waals surface area contributed by atoms with Crippen molar-refractivity contribution in [1.29, 1.82) is 0 Å². The van der Waals surface area contributed by atoms with Gasteiger partial charge in [-0.2, -0.15) is 0 Å². The van der Waals surface area contributed by atoms with Crippen LogP contribution < -0.4 is 10.7 Å². The number of nitrogens with one attached hydrogen (secondary N) is 1. The van der Waals surface area contributed by atoms with Gasteiger partial charge in [-0.3, -0.25) is 9.59 Å². The molecule has 126 valence electrons. The van der Waals surface area contributed by atoms with Gasteiger partial charge in [0.05, 0.1) is 16.2 Å². The zero-order chi connectivity index (χ0) is 17.7. The lowest BCUT2D eigenvalue weighted by Crippen LogP contribution is -2.24. The van der Waals surface area contributed by atoms with Gasteiger partial charge in [0.25, 0.3) is 5.91 Å². The summed E-state index contributed by atoms with van der Waals surface area (Å²) in [4.78, 5) is 25.6. The van der Waals surface area contributed by atoms with E-state index in [9.17, 15) is 9.59 Å². The van der Waals surface area contributed by atoms with Gasteiger partial charge in [0.2, 0.25) is 5.43 Å². The van der Waals surface area contributed by atoms with Crippen LogP contribution in [0.3, 0.4) is 0 Å². The van der Waals surface area contributed by atoms with E-state index in [-0.39, 0.29) is 17.0 Å². The van der Waals surface area contributed by atoms with Crippen LogP contribution >= 0.6 is 27.5 Å². The van der Waals surface area contributed by atoms with E-state index in [1.165, 1.54) is 0 Å². The van der Waals surface area contributed by atoms with Crippen LogP contribution in [0.5, 0.6) is 0 Å². The number of amides is 1. The third-order valence-corrected chi connectivity index (χ3v) is 5.31. The number of carbonyl (C=O) groups excluding carboxylic acids is 1. The van der Waals surface area contributed by atoms with Crippen molar-refractivity contribution in [3.05, 3.63) is 73.4 Å². The molecule has 6 heteroatoms. The van der Waals surface area contributed by atoms with Crippen molar-refractivity contribution >= 4 is 50.0 Å². The molecule has 3 aromatic rings. The predicted octanol–water partition coefficient (Wildman–Crippen LogP) is 4.79. The molecule has 0 unspecified atom stereocenters. The molecular weight excluding hydrogens is 404 g/mol. The maximum absolute atomic E-state index is 12.9. The SMILES string of the molecule is C[C@H]1Cc2cc(Br)cc3c(=O)c(C(=O)Nc4ccccc4Cl)cn1c23. The number of nitrogens with zero attached hydrogens (tertiary/aromatic N) is 1. The molecular formula is C19H14BrClN2O2. The number of anilines is 1. The maximum Gasteiger partial charge on any atom is 0.261 e. The van der Waals surface area contributed by atoms with Crippen molar-refractivity contribution in [3.8, 4) is 0 Å². The Morgan fingerprint density at radius 3 is 2.84 bits per heavy atom. The van der Waals surface area contributed by atoms with Crippen LogP contribution in [0.15, 0.2) is 51.9 Å². The van der Waals surface area contributed by atoms with Gasteiger partial charge in [-0.25, -0.2) is 0 Å². The average molecular weight is 418 g/mol. The second-order valence-electron chi connectivity index (χ2n) is 6.23. The lowest BCUT2D eigenvalue weighted by atomic mass is 10.1. The molecule has 0 aliphatic carbocycles. The Bertz CT molecular complexity index is 1090. The molecule has 2 heterocycles. The minimum atomic E-state index is -0.454. The lowest BCUT2D eigenvalue weighted by Gasteiger charge is -2.13. The van der Waals surface area contributed by atoms with Gasteiger partial charge in [0.15, 0.2) is 0 Å². The Morgan fingerprint density at radius 2 is 2.08 bits per heavy atom. The minimum absolute atomic E-state index is 0.116. The fourth-order valence-corrected chi connectivity index (χ4v) is 4.06. The maximum atomic E-state index is 12.9. The summed E-state index contributed by atoms with van der Waals surface area (Å²) in [5, 5.41) is 3.72. The molecule has 1 aliphatic rings. The summed E-state index contributed by atoms with van der Waals surface area (Å²) >= 11 is 9.56. The monoisotopic (exact) mass is 416 g/mol. The van der Waals surface area contributed by atoms with Crippen molar-refractivity contribution in [3.63, 3.8) is 0 Å². The Morgan fingerprint density at radius 1 is 1.32 bits per heavy atom.